The predicted molar refractivity (Wildman–Crippen MR) is 92.4 cm³/mol. The molecule has 128 valence electrons. The van der Waals surface area contributed by atoms with Gasteiger partial charge in [0.15, 0.2) is 5.16 Å². The number of hydrogen-bond acceptors (Lipinski definition) is 8. The van der Waals surface area contributed by atoms with Crippen molar-refractivity contribution in [1.29, 1.82) is 0 Å². The van der Waals surface area contributed by atoms with Gasteiger partial charge in [0.25, 0.3) is 0 Å². The number of anilines is 2. The van der Waals surface area contributed by atoms with Crippen LogP contribution in [0.3, 0.4) is 0 Å². The van der Waals surface area contributed by atoms with Crippen LogP contribution in [-0.2, 0) is 4.79 Å². The minimum absolute atomic E-state index is 0.125. The van der Waals surface area contributed by atoms with Crippen molar-refractivity contribution in [1.82, 2.24) is 15.0 Å². The van der Waals surface area contributed by atoms with Crippen molar-refractivity contribution in [3.8, 4) is 11.5 Å². The third kappa shape index (κ3) is 4.72. The van der Waals surface area contributed by atoms with Gasteiger partial charge in [-0.2, -0.15) is 4.98 Å². The smallest absolute Gasteiger partial charge is 0.237 e. The standard InChI is InChI=1S/C15H19N5O3S/c1-4-12(24-15-18-8-17-14(16)20-15)13(21)19-9-5-10(22-2)7-11(6-9)23-3/h5-8,12H,4H2,1-3H3,(H,19,21)(H2,16,17,18,20). The molecule has 0 aliphatic carbocycles. The molecule has 1 atom stereocenters. The summed E-state index contributed by atoms with van der Waals surface area (Å²) in [5, 5.41) is 2.89. The summed E-state index contributed by atoms with van der Waals surface area (Å²) in [7, 11) is 3.10. The van der Waals surface area contributed by atoms with Crippen LogP contribution in [0.4, 0.5) is 11.6 Å². The van der Waals surface area contributed by atoms with E-state index in [1.54, 1.807) is 32.4 Å². The molecular weight excluding hydrogens is 330 g/mol. The number of aromatic nitrogens is 3. The van der Waals surface area contributed by atoms with Gasteiger partial charge in [0.2, 0.25) is 11.9 Å². The van der Waals surface area contributed by atoms with E-state index in [4.69, 9.17) is 15.2 Å². The fourth-order valence-corrected chi connectivity index (χ4v) is 2.74. The fraction of sp³-hybridized carbons (Fsp3) is 0.333. The Morgan fingerprint density at radius 3 is 2.46 bits per heavy atom. The van der Waals surface area contributed by atoms with Crippen LogP contribution in [0.5, 0.6) is 11.5 Å². The lowest BCUT2D eigenvalue weighted by Gasteiger charge is -2.15. The van der Waals surface area contributed by atoms with Crippen LogP contribution in [0.2, 0.25) is 0 Å². The van der Waals surface area contributed by atoms with Crippen LogP contribution in [0, 0.1) is 0 Å². The number of amides is 1. The van der Waals surface area contributed by atoms with Crippen molar-refractivity contribution >= 4 is 29.3 Å². The van der Waals surface area contributed by atoms with Gasteiger partial charge in [-0.3, -0.25) is 4.79 Å². The molecule has 0 aliphatic rings. The lowest BCUT2D eigenvalue weighted by atomic mass is 10.2. The van der Waals surface area contributed by atoms with Gasteiger partial charge in [0.1, 0.15) is 17.8 Å². The van der Waals surface area contributed by atoms with E-state index in [9.17, 15) is 4.79 Å². The van der Waals surface area contributed by atoms with Crippen molar-refractivity contribution in [2.45, 2.75) is 23.8 Å². The van der Waals surface area contributed by atoms with Gasteiger partial charge < -0.3 is 20.5 Å². The van der Waals surface area contributed by atoms with Gasteiger partial charge in [-0.25, -0.2) is 9.97 Å². The van der Waals surface area contributed by atoms with Gasteiger partial charge in [-0.1, -0.05) is 18.7 Å². The third-order valence-corrected chi connectivity index (χ3v) is 4.34. The molecule has 0 fully saturated rings. The quantitative estimate of drug-likeness (QED) is 0.730. The number of rotatable bonds is 7. The van der Waals surface area contributed by atoms with Gasteiger partial charge in [0, 0.05) is 23.9 Å². The molecule has 9 heteroatoms. The van der Waals surface area contributed by atoms with Crippen LogP contribution in [-0.4, -0.2) is 40.3 Å². The maximum atomic E-state index is 12.5. The average Bonchev–Trinajstić information content (AvgIpc) is 2.59. The van der Waals surface area contributed by atoms with Gasteiger partial charge >= 0.3 is 0 Å². The van der Waals surface area contributed by atoms with Crippen LogP contribution < -0.4 is 20.5 Å². The second-order valence-corrected chi connectivity index (χ2v) is 5.90. The summed E-state index contributed by atoms with van der Waals surface area (Å²) in [6.45, 7) is 1.91. The van der Waals surface area contributed by atoms with E-state index in [1.165, 1.54) is 18.1 Å². The number of hydrogen-bond donors (Lipinski definition) is 2. The van der Waals surface area contributed by atoms with Gasteiger partial charge in [0.05, 0.1) is 19.5 Å². The van der Waals surface area contributed by atoms with Crippen molar-refractivity contribution in [3.05, 3.63) is 24.5 Å². The SMILES string of the molecule is CCC(Sc1ncnc(N)n1)C(=O)Nc1cc(OC)cc(OC)c1. The monoisotopic (exact) mass is 349 g/mol. The summed E-state index contributed by atoms with van der Waals surface area (Å²) >= 11 is 1.23. The first kappa shape index (κ1) is 17.8. The molecule has 1 heterocycles. The third-order valence-electron chi connectivity index (χ3n) is 3.10. The Labute approximate surface area is 144 Å². The molecule has 1 amide bonds. The molecule has 2 aromatic rings. The van der Waals surface area contributed by atoms with Crippen molar-refractivity contribution in [2.75, 3.05) is 25.3 Å². The highest BCUT2D eigenvalue weighted by Crippen LogP contribution is 2.28. The number of ether oxygens (including phenoxy) is 2. The highest BCUT2D eigenvalue weighted by atomic mass is 32.2. The molecule has 1 aromatic heterocycles. The Morgan fingerprint density at radius 2 is 1.92 bits per heavy atom. The molecule has 0 radical (unpaired) electrons. The van der Waals surface area contributed by atoms with E-state index in [0.29, 0.717) is 28.8 Å². The summed E-state index contributed by atoms with van der Waals surface area (Å²) in [6.07, 6.45) is 1.92. The zero-order chi connectivity index (χ0) is 17.5. The summed E-state index contributed by atoms with van der Waals surface area (Å²) in [5.74, 6) is 1.14. The normalized spacial score (nSPS) is 11.6. The molecule has 3 N–H and O–H groups in total. The Kier molecular flexibility index (Phi) is 6.19. The van der Waals surface area contributed by atoms with Crippen LogP contribution >= 0.6 is 11.8 Å². The molecule has 1 unspecified atom stereocenters. The minimum Gasteiger partial charge on any atom is -0.497 e. The summed E-state index contributed by atoms with van der Waals surface area (Å²) in [5.41, 5.74) is 6.12. The predicted octanol–water partition coefficient (Wildman–Crippen LogP) is 1.98. The van der Waals surface area contributed by atoms with Crippen molar-refractivity contribution in [3.63, 3.8) is 0 Å². The Morgan fingerprint density at radius 1 is 1.25 bits per heavy atom. The molecule has 0 saturated carbocycles. The van der Waals surface area contributed by atoms with E-state index in [2.05, 4.69) is 20.3 Å². The zero-order valence-electron chi connectivity index (χ0n) is 13.6. The number of nitrogens with one attached hydrogen (secondary N) is 1. The number of thioether (sulfide) groups is 1. The molecule has 8 nitrogen and oxygen atoms in total. The topological polar surface area (TPSA) is 112 Å². The van der Waals surface area contributed by atoms with Crippen LogP contribution in [0.1, 0.15) is 13.3 Å². The van der Waals surface area contributed by atoms with Crippen LogP contribution in [0.15, 0.2) is 29.7 Å². The Hall–Kier alpha value is -2.55. The highest BCUT2D eigenvalue weighted by Gasteiger charge is 2.20. The largest absolute Gasteiger partial charge is 0.497 e. The Balaban J connectivity index is 2.11. The first-order chi connectivity index (χ1) is 11.5. The second-order valence-electron chi connectivity index (χ2n) is 4.73. The van der Waals surface area contributed by atoms with Crippen LogP contribution in [0.25, 0.3) is 0 Å². The number of nitrogens with zero attached hydrogens (tertiary/aromatic N) is 3. The summed E-state index contributed by atoms with van der Waals surface area (Å²) in [4.78, 5) is 24.3. The first-order valence-corrected chi connectivity index (χ1v) is 8.08. The maximum absolute atomic E-state index is 12.5. The number of nitrogen functional groups attached to an aromatic ring is 1. The van der Waals surface area contributed by atoms with E-state index in [-0.39, 0.29) is 17.1 Å². The molecule has 0 aliphatic heterocycles. The molecule has 0 saturated heterocycles. The van der Waals surface area contributed by atoms with Gasteiger partial charge in [-0.05, 0) is 6.42 Å². The molecule has 0 spiro atoms. The van der Waals surface area contributed by atoms with E-state index in [0.717, 1.165) is 0 Å². The first-order valence-electron chi connectivity index (χ1n) is 7.20. The van der Waals surface area contributed by atoms with E-state index in [1.807, 2.05) is 6.92 Å². The number of carbonyl (C=O) groups is 1. The second kappa shape index (κ2) is 8.34. The average molecular weight is 349 g/mol. The zero-order valence-corrected chi connectivity index (χ0v) is 14.5. The Bertz CT molecular complexity index is 691. The maximum Gasteiger partial charge on any atom is 0.237 e. The van der Waals surface area contributed by atoms with E-state index >= 15 is 0 Å². The lowest BCUT2D eigenvalue weighted by Crippen LogP contribution is -2.25. The molecule has 2 rings (SSSR count). The number of carbonyl (C=O) groups excluding carboxylic acids is 1. The minimum atomic E-state index is -0.371. The van der Waals surface area contributed by atoms with Gasteiger partial charge in [-0.15, -0.1) is 0 Å². The van der Waals surface area contributed by atoms with E-state index < -0.39 is 0 Å². The van der Waals surface area contributed by atoms with Crippen molar-refractivity contribution in [2.24, 2.45) is 0 Å². The molecule has 1 aromatic carbocycles. The molecular formula is C15H19N5O3S. The summed E-state index contributed by atoms with van der Waals surface area (Å²) in [6, 6.07) is 5.17. The summed E-state index contributed by atoms with van der Waals surface area (Å²) < 4.78 is 10.4. The number of methoxy groups -OCH3 is 2. The number of nitrogens with two attached hydrogens (primary N) is 1. The fourth-order valence-electron chi connectivity index (χ4n) is 1.90. The van der Waals surface area contributed by atoms with Crippen molar-refractivity contribution < 1.29 is 14.3 Å². The number of benzene rings is 1. The molecule has 24 heavy (non-hydrogen) atoms. The highest BCUT2D eigenvalue weighted by molar-refractivity contribution is 8.00. The molecule has 0 bridgehead atoms. The lowest BCUT2D eigenvalue weighted by molar-refractivity contribution is -0.115.